The van der Waals surface area contributed by atoms with E-state index in [1.807, 2.05) is 0 Å². The Labute approximate surface area is 108 Å². The summed E-state index contributed by atoms with van der Waals surface area (Å²) in [6.07, 6.45) is 1.49. The van der Waals surface area contributed by atoms with Crippen LogP contribution in [0.25, 0.3) is 0 Å². The minimum absolute atomic E-state index is 0.0614. The zero-order valence-electron chi connectivity index (χ0n) is 9.53. The smallest absolute Gasteiger partial charge is 0.276 e. The normalized spacial score (nSPS) is 10.3. The van der Waals surface area contributed by atoms with Crippen LogP contribution in [0.4, 0.5) is 5.69 Å². The number of aromatic nitrogens is 1. The van der Waals surface area contributed by atoms with Gasteiger partial charge in [-0.25, -0.2) is 4.98 Å². The predicted molar refractivity (Wildman–Crippen MR) is 67.9 cm³/mol. The van der Waals surface area contributed by atoms with Gasteiger partial charge in [-0.1, -0.05) is 11.8 Å². The molecule has 0 fully saturated rings. The Morgan fingerprint density at radius 3 is 2.61 bits per heavy atom. The first-order valence-corrected chi connectivity index (χ1v) is 5.96. The molecule has 92 valence electrons. The third kappa shape index (κ3) is 2.78. The molecule has 6 heteroatoms. The van der Waals surface area contributed by atoms with Gasteiger partial charge >= 0.3 is 0 Å². The molecule has 0 unspecified atom stereocenters. The molecular weight excluding hydrogens is 252 g/mol. The van der Waals surface area contributed by atoms with Gasteiger partial charge in [0.25, 0.3) is 5.69 Å². The number of phenols is 1. The maximum Gasteiger partial charge on any atom is 0.276 e. The van der Waals surface area contributed by atoms with Crippen molar-refractivity contribution < 1.29 is 10.0 Å². The molecule has 0 radical (unpaired) electrons. The van der Waals surface area contributed by atoms with Gasteiger partial charge in [-0.3, -0.25) is 10.1 Å². The van der Waals surface area contributed by atoms with Crippen LogP contribution < -0.4 is 0 Å². The maximum atomic E-state index is 10.8. The summed E-state index contributed by atoms with van der Waals surface area (Å²) in [6.45, 7) is 1.65. The second kappa shape index (κ2) is 5.05. The summed E-state index contributed by atoms with van der Waals surface area (Å²) in [4.78, 5) is 15.4. The summed E-state index contributed by atoms with van der Waals surface area (Å²) < 4.78 is 0. The SMILES string of the molecule is Cc1cnc(Sc2ccc(O)cc2)cc1[N+](=O)[O-]. The van der Waals surface area contributed by atoms with Crippen LogP contribution in [0.3, 0.4) is 0 Å². The Morgan fingerprint density at radius 1 is 1.33 bits per heavy atom. The van der Waals surface area contributed by atoms with Crippen LogP contribution in [-0.4, -0.2) is 15.0 Å². The number of aromatic hydroxyl groups is 1. The average Bonchev–Trinajstić information content (AvgIpc) is 2.34. The molecule has 0 amide bonds. The highest BCUT2D eigenvalue weighted by Gasteiger charge is 2.12. The van der Waals surface area contributed by atoms with Crippen molar-refractivity contribution in [3.05, 3.63) is 52.2 Å². The lowest BCUT2D eigenvalue weighted by atomic mass is 10.3. The molecule has 0 aliphatic heterocycles. The second-order valence-corrected chi connectivity index (χ2v) is 4.76. The monoisotopic (exact) mass is 262 g/mol. The molecule has 18 heavy (non-hydrogen) atoms. The van der Waals surface area contributed by atoms with E-state index >= 15 is 0 Å². The van der Waals surface area contributed by atoms with Crippen LogP contribution in [0.1, 0.15) is 5.56 Å². The van der Waals surface area contributed by atoms with Gasteiger partial charge < -0.3 is 5.11 Å². The van der Waals surface area contributed by atoms with Crippen molar-refractivity contribution in [1.82, 2.24) is 4.98 Å². The highest BCUT2D eigenvalue weighted by molar-refractivity contribution is 7.99. The number of rotatable bonds is 3. The van der Waals surface area contributed by atoms with Gasteiger partial charge in [0, 0.05) is 22.7 Å². The minimum atomic E-state index is -0.419. The quantitative estimate of drug-likeness (QED) is 0.679. The summed E-state index contributed by atoms with van der Waals surface area (Å²) in [5.41, 5.74) is 0.598. The molecule has 1 aromatic carbocycles. The van der Waals surface area contributed by atoms with Crippen molar-refractivity contribution in [1.29, 1.82) is 0 Å². The number of nitro groups is 1. The Kier molecular flexibility index (Phi) is 3.47. The van der Waals surface area contributed by atoms with Crippen LogP contribution in [-0.2, 0) is 0 Å². The van der Waals surface area contributed by atoms with E-state index in [1.165, 1.54) is 24.0 Å². The Hall–Kier alpha value is -2.08. The van der Waals surface area contributed by atoms with Crippen LogP contribution in [0, 0.1) is 17.0 Å². The minimum Gasteiger partial charge on any atom is -0.508 e. The zero-order chi connectivity index (χ0) is 13.1. The first-order valence-electron chi connectivity index (χ1n) is 5.14. The van der Waals surface area contributed by atoms with Crippen molar-refractivity contribution in [2.24, 2.45) is 0 Å². The van der Waals surface area contributed by atoms with Crippen LogP contribution in [0.15, 0.2) is 46.5 Å². The molecule has 0 saturated carbocycles. The fraction of sp³-hybridized carbons (Fsp3) is 0.0833. The van der Waals surface area contributed by atoms with Crippen molar-refractivity contribution in [2.75, 3.05) is 0 Å². The third-order valence-electron chi connectivity index (χ3n) is 2.31. The molecule has 0 aliphatic carbocycles. The highest BCUT2D eigenvalue weighted by atomic mass is 32.2. The average molecular weight is 262 g/mol. The molecule has 0 saturated heterocycles. The van der Waals surface area contributed by atoms with Gasteiger partial charge in [0.1, 0.15) is 10.8 Å². The van der Waals surface area contributed by atoms with E-state index in [0.29, 0.717) is 10.6 Å². The van der Waals surface area contributed by atoms with E-state index in [-0.39, 0.29) is 11.4 Å². The molecule has 1 N–H and O–H groups in total. The van der Waals surface area contributed by atoms with Crippen molar-refractivity contribution >= 4 is 17.4 Å². The first-order chi connectivity index (χ1) is 8.56. The molecular formula is C12H10N2O3S. The number of nitrogens with zero attached hydrogens (tertiary/aromatic N) is 2. The number of phenolic OH excluding ortho intramolecular Hbond substituents is 1. The number of aryl methyl sites for hydroxylation is 1. The highest BCUT2D eigenvalue weighted by Crippen LogP contribution is 2.30. The van der Waals surface area contributed by atoms with Gasteiger partial charge in [-0.05, 0) is 31.2 Å². The Bertz CT molecular complexity index is 584. The van der Waals surface area contributed by atoms with E-state index in [1.54, 1.807) is 31.2 Å². The maximum absolute atomic E-state index is 10.8. The second-order valence-electron chi connectivity index (χ2n) is 3.66. The standard InChI is InChI=1S/C12H10N2O3S/c1-8-7-13-12(6-11(8)14(16)17)18-10-4-2-9(15)3-5-10/h2-7,15H,1H3. The molecule has 2 rings (SSSR count). The Morgan fingerprint density at radius 2 is 2.00 bits per heavy atom. The third-order valence-corrected chi connectivity index (χ3v) is 3.25. The molecule has 1 heterocycles. The zero-order valence-corrected chi connectivity index (χ0v) is 10.3. The largest absolute Gasteiger partial charge is 0.508 e. The molecule has 1 aromatic heterocycles. The molecule has 0 spiro atoms. The van der Waals surface area contributed by atoms with Crippen molar-refractivity contribution in [2.45, 2.75) is 16.8 Å². The topological polar surface area (TPSA) is 76.3 Å². The summed E-state index contributed by atoms with van der Waals surface area (Å²) in [5, 5.41) is 20.5. The fourth-order valence-electron chi connectivity index (χ4n) is 1.38. The molecule has 0 atom stereocenters. The van der Waals surface area contributed by atoms with Crippen molar-refractivity contribution in [3.8, 4) is 5.75 Å². The lowest BCUT2D eigenvalue weighted by molar-refractivity contribution is -0.385. The van der Waals surface area contributed by atoms with E-state index in [0.717, 1.165) is 4.90 Å². The molecule has 2 aromatic rings. The van der Waals surface area contributed by atoms with Gasteiger partial charge in [0.2, 0.25) is 0 Å². The summed E-state index contributed by atoms with van der Waals surface area (Å²) in [6, 6.07) is 8.03. The van der Waals surface area contributed by atoms with Gasteiger partial charge in [-0.2, -0.15) is 0 Å². The van der Waals surface area contributed by atoms with E-state index in [2.05, 4.69) is 4.98 Å². The van der Waals surface area contributed by atoms with E-state index < -0.39 is 4.92 Å². The lowest BCUT2D eigenvalue weighted by Gasteiger charge is -2.02. The van der Waals surface area contributed by atoms with Gasteiger partial charge in [0.15, 0.2) is 0 Å². The number of hydrogen-bond donors (Lipinski definition) is 1. The van der Waals surface area contributed by atoms with Crippen LogP contribution in [0.2, 0.25) is 0 Å². The summed E-state index contributed by atoms with van der Waals surface area (Å²) in [7, 11) is 0. The first kappa shape index (κ1) is 12.4. The van der Waals surface area contributed by atoms with E-state index in [4.69, 9.17) is 5.11 Å². The predicted octanol–water partition coefficient (Wildman–Crippen LogP) is 3.16. The molecule has 0 bridgehead atoms. The number of hydrogen-bond acceptors (Lipinski definition) is 5. The van der Waals surface area contributed by atoms with Gasteiger partial charge in [0.05, 0.1) is 4.92 Å². The van der Waals surface area contributed by atoms with Crippen LogP contribution in [0.5, 0.6) is 5.75 Å². The number of benzene rings is 1. The lowest BCUT2D eigenvalue weighted by Crippen LogP contribution is -1.93. The fourth-order valence-corrected chi connectivity index (χ4v) is 2.17. The molecule has 0 aliphatic rings. The Balaban J connectivity index is 2.27. The molecule has 5 nitrogen and oxygen atoms in total. The summed E-state index contributed by atoms with van der Waals surface area (Å²) >= 11 is 1.31. The number of pyridine rings is 1. The van der Waals surface area contributed by atoms with Gasteiger partial charge in [-0.15, -0.1) is 0 Å². The van der Waals surface area contributed by atoms with Crippen LogP contribution >= 0.6 is 11.8 Å². The van der Waals surface area contributed by atoms with E-state index in [9.17, 15) is 10.1 Å². The summed E-state index contributed by atoms with van der Waals surface area (Å²) in [5.74, 6) is 0.183. The van der Waals surface area contributed by atoms with Crippen molar-refractivity contribution in [3.63, 3.8) is 0 Å².